The molecule has 0 heterocycles. The fourth-order valence-corrected chi connectivity index (χ4v) is 5.50. The smallest absolute Gasteiger partial charge is 0.115 e. The topological polar surface area (TPSA) is 0 Å². The largest absolute Gasteiger partial charge is 0.222 e. The molecule has 0 amide bonds. The summed E-state index contributed by atoms with van der Waals surface area (Å²) < 4.78 is 0. The Kier molecular flexibility index (Phi) is 5.60. The summed E-state index contributed by atoms with van der Waals surface area (Å²) >= 11 is 0. The van der Waals surface area contributed by atoms with Gasteiger partial charge in [-0.2, -0.15) is 0 Å². The number of unbranched alkanes of at least 4 members (excludes halogenated alkanes) is 2. The fourth-order valence-electron chi connectivity index (χ4n) is 2.47. The van der Waals surface area contributed by atoms with Crippen LogP contribution in [-0.4, -0.2) is 8.07 Å². The number of benzene rings is 2. The van der Waals surface area contributed by atoms with Crippen LogP contribution in [0.25, 0.3) is 0 Å². The summed E-state index contributed by atoms with van der Waals surface area (Å²) in [7, 11) is -2.17. The molecule has 0 aliphatic rings. The van der Waals surface area contributed by atoms with Crippen LogP contribution in [0.4, 0.5) is 0 Å². The van der Waals surface area contributed by atoms with Crippen LogP contribution in [0.3, 0.4) is 0 Å². The molecular weight excluding hydrogens is 268 g/mol. The van der Waals surface area contributed by atoms with Gasteiger partial charge in [-0.05, 0) is 16.8 Å². The maximum absolute atomic E-state index is 4.14. The lowest BCUT2D eigenvalue weighted by molar-refractivity contribution is 0.828. The van der Waals surface area contributed by atoms with Crippen molar-refractivity contribution in [1.82, 2.24) is 0 Å². The van der Waals surface area contributed by atoms with Crippen LogP contribution in [-0.2, 0) is 0 Å². The molecule has 0 aromatic heterocycles. The second-order valence-electron chi connectivity index (χ2n) is 5.15. The van der Waals surface area contributed by atoms with Gasteiger partial charge in [0.1, 0.15) is 0 Å². The van der Waals surface area contributed by atoms with Crippen LogP contribution in [0.5, 0.6) is 0 Å². The van der Waals surface area contributed by atoms with Crippen molar-refractivity contribution >= 4 is 18.4 Å². The van der Waals surface area contributed by atoms with Crippen molar-refractivity contribution < 1.29 is 0 Å². The Hall–Kier alpha value is -2.04. The van der Waals surface area contributed by atoms with Crippen molar-refractivity contribution in [2.75, 3.05) is 0 Å². The van der Waals surface area contributed by atoms with Gasteiger partial charge in [0, 0.05) is 6.42 Å². The number of rotatable bonds is 5. The lowest BCUT2D eigenvalue weighted by atomic mass is 10.3. The van der Waals surface area contributed by atoms with E-state index in [1.165, 1.54) is 16.8 Å². The zero-order valence-corrected chi connectivity index (χ0v) is 13.7. The Bertz CT molecular complexity index is 578. The highest BCUT2D eigenvalue weighted by Gasteiger charge is 2.32. The lowest BCUT2D eigenvalue weighted by Crippen LogP contribution is -2.56. The second kappa shape index (κ2) is 7.66. The molecule has 0 aliphatic carbocycles. The SMILES string of the molecule is C=C[Si](C#CCCCC)(c1ccccc1)c1ccccc1. The molecule has 106 valence electrons. The van der Waals surface area contributed by atoms with Crippen molar-refractivity contribution in [2.45, 2.75) is 26.2 Å². The van der Waals surface area contributed by atoms with Crippen LogP contribution >= 0.6 is 0 Å². The van der Waals surface area contributed by atoms with E-state index in [1.807, 2.05) is 0 Å². The third-order valence-electron chi connectivity index (χ3n) is 3.71. The first-order valence-corrected chi connectivity index (χ1v) is 9.66. The molecule has 0 bridgehead atoms. The van der Waals surface area contributed by atoms with Gasteiger partial charge in [-0.1, -0.05) is 79.7 Å². The van der Waals surface area contributed by atoms with Gasteiger partial charge >= 0.3 is 0 Å². The minimum atomic E-state index is -2.17. The molecule has 0 atom stereocenters. The highest BCUT2D eigenvalue weighted by molar-refractivity contribution is 7.11. The second-order valence-corrected chi connectivity index (χ2v) is 8.58. The molecule has 0 aliphatic heterocycles. The molecule has 0 nitrogen and oxygen atoms in total. The van der Waals surface area contributed by atoms with Crippen molar-refractivity contribution in [3.8, 4) is 11.5 Å². The van der Waals surface area contributed by atoms with Gasteiger partial charge in [-0.15, -0.1) is 18.0 Å². The minimum absolute atomic E-state index is 0.971. The zero-order valence-electron chi connectivity index (χ0n) is 12.7. The molecule has 0 radical (unpaired) electrons. The van der Waals surface area contributed by atoms with Gasteiger partial charge < -0.3 is 0 Å². The van der Waals surface area contributed by atoms with Crippen LogP contribution in [0, 0.1) is 11.5 Å². The van der Waals surface area contributed by atoms with Crippen LogP contribution in [0.1, 0.15) is 26.2 Å². The van der Waals surface area contributed by atoms with Crippen molar-refractivity contribution in [3.05, 3.63) is 72.9 Å². The Labute approximate surface area is 129 Å². The van der Waals surface area contributed by atoms with E-state index in [9.17, 15) is 0 Å². The molecule has 0 spiro atoms. The fraction of sp³-hybridized carbons (Fsp3) is 0.200. The maximum Gasteiger partial charge on any atom is 0.222 e. The van der Waals surface area contributed by atoms with E-state index in [1.54, 1.807) is 0 Å². The summed E-state index contributed by atoms with van der Waals surface area (Å²) in [6.07, 6.45) is 3.32. The molecule has 2 aromatic rings. The number of hydrogen-bond acceptors (Lipinski definition) is 0. The predicted molar refractivity (Wildman–Crippen MR) is 95.4 cm³/mol. The van der Waals surface area contributed by atoms with Crippen molar-refractivity contribution in [2.24, 2.45) is 0 Å². The normalized spacial score (nSPS) is 10.5. The first-order valence-electron chi connectivity index (χ1n) is 7.58. The van der Waals surface area contributed by atoms with Crippen molar-refractivity contribution in [1.29, 1.82) is 0 Å². The summed E-state index contributed by atoms with van der Waals surface area (Å²) in [4.78, 5) is 0. The van der Waals surface area contributed by atoms with E-state index < -0.39 is 8.07 Å². The summed E-state index contributed by atoms with van der Waals surface area (Å²) in [5, 5.41) is 2.63. The summed E-state index contributed by atoms with van der Waals surface area (Å²) in [6, 6.07) is 21.3. The summed E-state index contributed by atoms with van der Waals surface area (Å²) in [6.45, 7) is 6.35. The average Bonchev–Trinajstić information content (AvgIpc) is 2.57. The Morgan fingerprint density at radius 2 is 1.48 bits per heavy atom. The minimum Gasteiger partial charge on any atom is -0.115 e. The Balaban J connectivity index is 2.51. The molecule has 0 saturated heterocycles. The molecule has 2 aromatic carbocycles. The van der Waals surface area contributed by atoms with Gasteiger partial charge in [0.25, 0.3) is 0 Å². The molecule has 0 unspecified atom stereocenters. The predicted octanol–water partition coefficient (Wildman–Crippen LogP) is 3.71. The molecule has 0 fully saturated rings. The monoisotopic (exact) mass is 290 g/mol. The Morgan fingerprint density at radius 1 is 0.952 bits per heavy atom. The lowest BCUT2D eigenvalue weighted by Gasteiger charge is -2.23. The highest BCUT2D eigenvalue weighted by atomic mass is 28.3. The van der Waals surface area contributed by atoms with E-state index in [2.05, 4.69) is 91.3 Å². The third kappa shape index (κ3) is 3.54. The average molecular weight is 290 g/mol. The van der Waals surface area contributed by atoms with Crippen LogP contribution in [0.15, 0.2) is 72.9 Å². The van der Waals surface area contributed by atoms with Gasteiger partial charge in [0.2, 0.25) is 8.07 Å². The maximum atomic E-state index is 4.14. The first-order chi connectivity index (χ1) is 10.3. The Morgan fingerprint density at radius 3 is 1.90 bits per heavy atom. The van der Waals surface area contributed by atoms with E-state index in [0.29, 0.717) is 0 Å². The van der Waals surface area contributed by atoms with E-state index in [-0.39, 0.29) is 0 Å². The quantitative estimate of drug-likeness (QED) is 0.447. The van der Waals surface area contributed by atoms with Crippen LogP contribution < -0.4 is 10.4 Å². The first kappa shape index (κ1) is 15.3. The van der Waals surface area contributed by atoms with Gasteiger partial charge in [-0.3, -0.25) is 0 Å². The number of hydrogen-bond donors (Lipinski definition) is 0. The van der Waals surface area contributed by atoms with E-state index >= 15 is 0 Å². The van der Waals surface area contributed by atoms with E-state index in [0.717, 1.165) is 12.8 Å². The zero-order chi connectivity index (χ0) is 15.0. The molecule has 0 saturated carbocycles. The van der Waals surface area contributed by atoms with Gasteiger partial charge in [-0.25, -0.2) is 0 Å². The van der Waals surface area contributed by atoms with Crippen LogP contribution in [0.2, 0.25) is 0 Å². The molecule has 21 heavy (non-hydrogen) atoms. The van der Waals surface area contributed by atoms with Crippen molar-refractivity contribution in [3.63, 3.8) is 0 Å². The molecule has 2 rings (SSSR count). The summed E-state index contributed by atoms with van der Waals surface area (Å²) in [5.74, 6) is 3.42. The molecular formula is C20H22Si. The highest BCUT2D eigenvalue weighted by Crippen LogP contribution is 2.07. The summed E-state index contributed by atoms with van der Waals surface area (Å²) in [5.41, 5.74) is 5.73. The van der Waals surface area contributed by atoms with Gasteiger partial charge in [0.15, 0.2) is 0 Å². The van der Waals surface area contributed by atoms with Gasteiger partial charge in [0.05, 0.1) is 0 Å². The molecule has 0 N–H and O–H groups in total. The third-order valence-corrected chi connectivity index (χ3v) is 7.38. The standard InChI is InChI=1S/C20H22Si/c1-3-5-6-13-18-21(4-2,19-14-9-7-10-15-19)20-16-11-8-12-17-20/h4,7-12,14-17H,2-3,5-6H2,1H3. The molecule has 1 heteroatoms. The van der Waals surface area contributed by atoms with E-state index in [4.69, 9.17) is 0 Å².